The van der Waals surface area contributed by atoms with E-state index in [0.717, 1.165) is 29.4 Å². The molecule has 1 unspecified atom stereocenters. The van der Waals surface area contributed by atoms with Gasteiger partial charge in [0.05, 0.1) is 41.7 Å². The number of aryl methyl sites for hydroxylation is 1. The van der Waals surface area contributed by atoms with Crippen molar-refractivity contribution in [3.05, 3.63) is 118 Å². The lowest BCUT2D eigenvalue weighted by Gasteiger charge is -2.19. The summed E-state index contributed by atoms with van der Waals surface area (Å²) in [6.45, 7) is 0. The number of aromatic nitrogens is 6. The van der Waals surface area contributed by atoms with Crippen molar-refractivity contribution in [2.45, 2.75) is 18.7 Å². The summed E-state index contributed by atoms with van der Waals surface area (Å²) in [5.74, 6) is -0.747. The molecule has 4 aromatic heterocycles. The zero-order valence-corrected chi connectivity index (χ0v) is 24.0. The Bertz CT molecular complexity index is 1970. The second-order valence-corrected chi connectivity index (χ2v) is 10.4. The maximum absolute atomic E-state index is 15.7. The molecule has 4 heterocycles. The number of hydrogen-bond donors (Lipinski definition) is 1. The van der Waals surface area contributed by atoms with Crippen LogP contribution in [0.4, 0.5) is 17.6 Å². The topological polar surface area (TPSA) is 90.9 Å². The van der Waals surface area contributed by atoms with Crippen molar-refractivity contribution in [3.63, 3.8) is 0 Å². The lowest BCUT2D eigenvalue weighted by Crippen LogP contribution is -2.13. The second kappa shape index (κ2) is 11.4. The number of pyridine rings is 2. The first-order valence-corrected chi connectivity index (χ1v) is 13.6. The molecule has 0 aliphatic rings. The number of aliphatic hydroxyl groups excluding tert-OH is 1. The third-order valence-corrected chi connectivity index (χ3v) is 7.67. The van der Waals surface area contributed by atoms with Crippen molar-refractivity contribution in [1.82, 2.24) is 29.3 Å². The van der Waals surface area contributed by atoms with Gasteiger partial charge in [-0.05, 0) is 42.0 Å². The third kappa shape index (κ3) is 5.38. The highest BCUT2D eigenvalue weighted by Gasteiger charge is 2.34. The zero-order chi connectivity index (χ0) is 31.2. The van der Waals surface area contributed by atoms with Gasteiger partial charge in [-0.2, -0.15) is 18.3 Å². The predicted molar refractivity (Wildman–Crippen MR) is 155 cm³/mol. The number of ether oxygens (including phenoxy) is 1. The van der Waals surface area contributed by atoms with E-state index < -0.39 is 23.8 Å². The molecule has 0 saturated heterocycles. The number of imidazole rings is 1. The molecule has 0 spiro atoms. The van der Waals surface area contributed by atoms with E-state index in [4.69, 9.17) is 16.3 Å². The maximum atomic E-state index is 15.7. The molecule has 13 heteroatoms. The van der Waals surface area contributed by atoms with Crippen molar-refractivity contribution in [3.8, 4) is 22.8 Å². The van der Waals surface area contributed by atoms with Crippen LogP contribution in [0.1, 0.15) is 34.2 Å². The monoisotopic (exact) mass is 622 g/mol. The van der Waals surface area contributed by atoms with Gasteiger partial charge in [-0.15, -0.1) is 0 Å². The molecule has 0 aliphatic carbocycles. The Labute approximate surface area is 253 Å². The molecular formula is C31H23ClF4N6O2. The van der Waals surface area contributed by atoms with Crippen LogP contribution >= 0.6 is 11.6 Å². The zero-order valence-electron chi connectivity index (χ0n) is 23.2. The lowest BCUT2D eigenvalue weighted by molar-refractivity contribution is -0.141. The molecule has 6 aromatic rings. The van der Waals surface area contributed by atoms with E-state index in [1.54, 1.807) is 17.9 Å². The van der Waals surface area contributed by atoms with Crippen molar-refractivity contribution in [2.75, 3.05) is 7.11 Å². The molecule has 2 aromatic carbocycles. The molecule has 1 N–H and O–H groups in total. The number of nitrogens with zero attached hydrogens (tertiary/aromatic N) is 6. The SMILES string of the molecule is COc1nc2c(F)cc(-c3nc(C(F)(F)F)ccc3C(O)c3cncn3C)cc2c(Cl)c1Cc1ccc(-n2cccn2)cc1. The minimum Gasteiger partial charge on any atom is -0.481 e. The van der Waals surface area contributed by atoms with E-state index in [0.29, 0.717) is 11.3 Å². The van der Waals surface area contributed by atoms with Crippen molar-refractivity contribution in [2.24, 2.45) is 7.05 Å². The Morgan fingerprint density at radius 2 is 1.84 bits per heavy atom. The fourth-order valence-electron chi connectivity index (χ4n) is 5.03. The van der Waals surface area contributed by atoms with E-state index in [-0.39, 0.29) is 45.0 Å². The maximum Gasteiger partial charge on any atom is 0.433 e. The molecular weight excluding hydrogens is 600 g/mol. The van der Waals surface area contributed by atoms with Crippen molar-refractivity contribution in [1.29, 1.82) is 0 Å². The molecule has 0 fully saturated rings. The van der Waals surface area contributed by atoms with Gasteiger partial charge in [0.15, 0.2) is 0 Å². The van der Waals surface area contributed by atoms with Gasteiger partial charge in [0.2, 0.25) is 5.88 Å². The van der Waals surface area contributed by atoms with Crippen LogP contribution in [0.15, 0.2) is 79.5 Å². The first kappa shape index (κ1) is 29.3. The summed E-state index contributed by atoms with van der Waals surface area (Å²) < 4.78 is 65.6. The Hall–Kier alpha value is -4.81. The molecule has 1 atom stereocenters. The third-order valence-electron chi connectivity index (χ3n) is 7.23. The van der Waals surface area contributed by atoms with Gasteiger partial charge in [-0.3, -0.25) is 0 Å². The minimum absolute atomic E-state index is 0.0236. The van der Waals surface area contributed by atoms with E-state index >= 15 is 4.39 Å². The largest absolute Gasteiger partial charge is 0.481 e. The molecule has 0 aliphatic heterocycles. The van der Waals surface area contributed by atoms with Gasteiger partial charge >= 0.3 is 6.18 Å². The van der Waals surface area contributed by atoms with Crippen molar-refractivity contribution < 1.29 is 27.4 Å². The highest BCUT2D eigenvalue weighted by molar-refractivity contribution is 6.36. The van der Waals surface area contributed by atoms with E-state index in [2.05, 4.69) is 20.1 Å². The molecule has 0 amide bonds. The number of alkyl halides is 3. The molecule has 0 saturated carbocycles. The number of benzene rings is 2. The van der Waals surface area contributed by atoms with Gasteiger partial charge in [-0.1, -0.05) is 29.8 Å². The summed E-state index contributed by atoms with van der Waals surface area (Å²) in [5, 5.41) is 15.6. The Morgan fingerprint density at radius 1 is 1.07 bits per heavy atom. The summed E-state index contributed by atoms with van der Waals surface area (Å²) >= 11 is 6.87. The molecule has 224 valence electrons. The Balaban J connectivity index is 1.48. The average molecular weight is 623 g/mol. The van der Waals surface area contributed by atoms with Gasteiger partial charge in [0.1, 0.15) is 23.1 Å². The summed E-state index contributed by atoms with van der Waals surface area (Å²) in [6, 6.07) is 13.7. The fourth-order valence-corrected chi connectivity index (χ4v) is 5.32. The van der Waals surface area contributed by atoms with Crippen LogP contribution < -0.4 is 4.74 Å². The molecule has 0 bridgehead atoms. The van der Waals surface area contributed by atoms with E-state index in [1.807, 2.05) is 36.5 Å². The van der Waals surface area contributed by atoms with Crippen LogP contribution in [0, 0.1) is 5.82 Å². The molecule has 44 heavy (non-hydrogen) atoms. The Kier molecular flexibility index (Phi) is 7.56. The van der Waals surface area contributed by atoms with Crippen LogP contribution in [-0.2, 0) is 19.6 Å². The van der Waals surface area contributed by atoms with Crippen molar-refractivity contribution >= 4 is 22.5 Å². The Morgan fingerprint density at radius 3 is 2.48 bits per heavy atom. The number of halogens is 5. The summed E-state index contributed by atoms with van der Waals surface area (Å²) in [5.41, 5.74) is 0.851. The lowest BCUT2D eigenvalue weighted by atomic mass is 9.97. The van der Waals surface area contributed by atoms with Gasteiger partial charge in [0, 0.05) is 47.9 Å². The number of rotatable bonds is 7. The van der Waals surface area contributed by atoms with E-state index in [9.17, 15) is 18.3 Å². The number of hydrogen-bond acceptors (Lipinski definition) is 6. The van der Waals surface area contributed by atoms with Gasteiger partial charge in [-0.25, -0.2) is 24.0 Å². The molecule has 6 rings (SSSR count). The predicted octanol–water partition coefficient (Wildman–Crippen LogP) is 6.71. The second-order valence-electron chi connectivity index (χ2n) is 10.0. The van der Waals surface area contributed by atoms with Crippen LogP contribution in [-0.4, -0.2) is 41.5 Å². The standard InChI is InChI=1S/C31H23ClF4N6O2/c1-41-16-37-15-24(41)29(43)20-8-9-25(31(34,35)36)39-27(20)18-13-21-26(32)22(30(44-2)40-28(21)23(33)14-18)12-17-4-6-19(7-5-17)42-11-3-10-38-42/h3-11,13-16,29,43H,12H2,1-2H3. The van der Waals surface area contributed by atoms with Crippen LogP contribution in [0.5, 0.6) is 5.88 Å². The molecule has 8 nitrogen and oxygen atoms in total. The van der Waals surface area contributed by atoms with Gasteiger partial charge in [0.25, 0.3) is 0 Å². The smallest absolute Gasteiger partial charge is 0.433 e. The quantitative estimate of drug-likeness (QED) is 0.199. The highest BCUT2D eigenvalue weighted by atomic mass is 35.5. The summed E-state index contributed by atoms with van der Waals surface area (Å²) in [7, 11) is 3.02. The average Bonchev–Trinajstić information content (AvgIpc) is 3.70. The summed E-state index contributed by atoms with van der Waals surface area (Å²) in [6.07, 6.45) is 0.384. The summed E-state index contributed by atoms with van der Waals surface area (Å²) in [4.78, 5) is 12.2. The number of methoxy groups -OCH3 is 1. The van der Waals surface area contributed by atoms with Crippen LogP contribution in [0.25, 0.3) is 27.8 Å². The minimum atomic E-state index is -4.78. The molecule has 0 radical (unpaired) electrons. The highest BCUT2D eigenvalue weighted by Crippen LogP contribution is 2.40. The normalized spacial score (nSPS) is 12.5. The number of aliphatic hydroxyl groups is 1. The fraction of sp³-hybridized carbons (Fsp3) is 0.161. The first-order valence-electron chi connectivity index (χ1n) is 13.2. The first-order chi connectivity index (χ1) is 21.0. The number of fused-ring (bicyclic) bond motifs is 1. The van der Waals surface area contributed by atoms with Gasteiger partial charge < -0.3 is 14.4 Å². The van der Waals surface area contributed by atoms with Crippen LogP contribution in [0.3, 0.4) is 0 Å². The van der Waals surface area contributed by atoms with E-state index in [1.165, 1.54) is 30.3 Å². The van der Waals surface area contributed by atoms with Crippen LogP contribution in [0.2, 0.25) is 5.02 Å².